The van der Waals surface area contributed by atoms with Crippen LogP contribution < -0.4 is 11.1 Å². The van der Waals surface area contributed by atoms with Crippen molar-refractivity contribution < 1.29 is 0 Å². The number of imidazole rings is 1. The SMILES string of the molecule is Cl.N/C(=N\c1ccc(-c2c[nH]c(CNCc3ccccc3)n2)cc1)c1cccs1. The standard InChI is InChI=1S/C22H21N5S.ClH/c23-22(20-7-4-12-28-20)26-18-10-8-17(9-11-18)19-14-25-21(27-19)15-24-13-16-5-2-1-3-6-16;/h1-12,14,24H,13,15H2,(H2,23,26)(H,25,27);1H. The first-order valence-corrected chi connectivity index (χ1v) is 9.93. The molecule has 0 saturated heterocycles. The maximum absolute atomic E-state index is 6.05. The topological polar surface area (TPSA) is 79.1 Å². The summed E-state index contributed by atoms with van der Waals surface area (Å²) in [6.07, 6.45) is 1.93. The third-order valence-corrected chi connectivity index (χ3v) is 5.17. The van der Waals surface area contributed by atoms with E-state index in [9.17, 15) is 0 Å². The minimum Gasteiger partial charge on any atom is -0.383 e. The molecule has 148 valence electrons. The predicted molar refractivity (Wildman–Crippen MR) is 123 cm³/mol. The average Bonchev–Trinajstić information content (AvgIpc) is 3.42. The van der Waals surface area contributed by atoms with Crippen molar-refractivity contribution in [3.63, 3.8) is 0 Å². The van der Waals surface area contributed by atoms with Crippen LogP contribution in [0, 0.1) is 0 Å². The number of hydrogen-bond donors (Lipinski definition) is 3. The highest BCUT2D eigenvalue weighted by molar-refractivity contribution is 7.12. The number of aliphatic imine (C=N–C) groups is 1. The quantitative estimate of drug-likeness (QED) is 0.292. The molecule has 2 aromatic carbocycles. The average molecular weight is 424 g/mol. The lowest BCUT2D eigenvalue weighted by atomic mass is 10.1. The monoisotopic (exact) mass is 423 g/mol. The summed E-state index contributed by atoms with van der Waals surface area (Å²) in [5.74, 6) is 1.45. The van der Waals surface area contributed by atoms with Gasteiger partial charge in [-0.05, 0) is 29.1 Å². The molecule has 0 fully saturated rings. The number of nitrogens with two attached hydrogens (primary N) is 1. The smallest absolute Gasteiger partial charge is 0.141 e. The molecular weight excluding hydrogens is 402 g/mol. The second-order valence-electron chi connectivity index (χ2n) is 6.34. The maximum Gasteiger partial charge on any atom is 0.141 e. The van der Waals surface area contributed by atoms with Gasteiger partial charge < -0.3 is 16.0 Å². The molecule has 0 radical (unpaired) electrons. The summed E-state index contributed by atoms with van der Waals surface area (Å²) < 4.78 is 0. The van der Waals surface area contributed by atoms with Crippen molar-refractivity contribution in [3.8, 4) is 11.3 Å². The predicted octanol–water partition coefficient (Wildman–Crippen LogP) is 4.89. The Labute approximate surface area is 180 Å². The minimum atomic E-state index is 0. The Bertz CT molecular complexity index is 1040. The molecule has 0 saturated carbocycles. The molecule has 0 bridgehead atoms. The van der Waals surface area contributed by atoms with Gasteiger partial charge in [0.25, 0.3) is 0 Å². The van der Waals surface area contributed by atoms with Crippen molar-refractivity contribution in [2.24, 2.45) is 10.7 Å². The van der Waals surface area contributed by atoms with Crippen LogP contribution in [-0.4, -0.2) is 15.8 Å². The van der Waals surface area contributed by atoms with E-state index in [1.165, 1.54) is 5.56 Å². The van der Waals surface area contributed by atoms with Crippen molar-refractivity contribution >= 4 is 35.3 Å². The van der Waals surface area contributed by atoms with E-state index in [0.717, 1.165) is 34.2 Å². The van der Waals surface area contributed by atoms with Crippen molar-refractivity contribution in [1.29, 1.82) is 0 Å². The first-order valence-electron chi connectivity index (χ1n) is 9.05. The number of amidine groups is 1. The van der Waals surface area contributed by atoms with Crippen LogP contribution in [0.4, 0.5) is 5.69 Å². The van der Waals surface area contributed by atoms with E-state index in [0.29, 0.717) is 12.4 Å². The van der Waals surface area contributed by atoms with Gasteiger partial charge in [-0.2, -0.15) is 0 Å². The molecule has 5 nitrogen and oxygen atoms in total. The third kappa shape index (κ3) is 5.54. The van der Waals surface area contributed by atoms with Crippen LogP contribution in [0.5, 0.6) is 0 Å². The highest BCUT2D eigenvalue weighted by atomic mass is 35.5. The number of halogens is 1. The van der Waals surface area contributed by atoms with Gasteiger partial charge in [-0.3, -0.25) is 0 Å². The molecule has 7 heteroatoms. The highest BCUT2D eigenvalue weighted by Gasteiger charge is 2.05. The molecule has 0 aliphatic carbocycles. The molecule has 0 aliphatic rings. The molecule has 0 aliphatic heterocycles. The van der Waals surface area contributed by atoms with Crippen LogP contribution >= 0.6 is 23.7 Å². The van der Waals surface area contributed by atoms with E-state index in [4.69, 9.17) is 5.73 Å². The van der Waals surface area contributed by atoms with E-state index in [1.54, 1.807) is 11.3 Å². The summed E-state index contributed by atoms with van der Waals surface area (Å²) in [4.78, 5) is 13.4. The van der Waals surface area contributed by atoms with Crippen LogP contribution in [-0.2, 0) is 13.1 Å². The van der Waals surface area contributed by atoms with Crippen LogP contribution in [0.25, 0.3) is 11.3 Å². The van der Waals surface area contributed by atoms with Crippen molar-refractivity contribution in [3.05, 3.63) is 94.6 Å². The molecule has 0 spiro atoms. The molecular formula is C22H22ClN5S. The lowest BCUT2D eigenvalue weighted by Gasteiger charge is -2.02. The Morgan fingerprint density at radius 3 is 2.52 bits per heavy atom. The summed E-state index contributed by atoms with van der Waals surface area (Å²) in [7, 11) is 0. The van der Waals surface area contributed by atoms with Crippen molar-refractivity contribution in [2.45, 2.75) is 13.1 Å². The number of aromatic nitrogens is 2. The van der Waals surface area contributed by atoms with Gasteiger partial charge in [-0.25, -0.2) is 9.98 Å². The van der Waals surface area contributed by atoms with Gasteiger partial charge in [-0.1, -0.05) is 48.5 Å². The number of benzene rings is 2. The van der Waals surface area contributed by atoms with Crippen LogP contribution in [0.3, 0.4) is 0 Å². The second-order valence-corrected chi connectivity index (χ2v) is 7.29. The number of nitrogens with one attached hydrogen (secondary N) is 2. The first-order chi connectivity index (χ1) is 13.8. The zero-order valence-electron chi connectivity index (χ0n) is 15.7. The Hall–Kier alpha value is -2.93. The van der Waals surface area contributed by atoms with Gasteiger partial charge >= 0.3 is 0 Å². The van der Waals surface area contributed by atoms with Gasteiger partial charge in [-0.15, -0.1) is 23.7 Å². The van der Waals surface area contributed by atoms with E-state index in [1.807, 2.05) is 66.2 Å². The van der Waals surface area contributed by atoms with Gasteiger partial charge in [0.05, 0.1) is 22.8 Å². The van der Waals surface area contributed by atoms with Crippen LogP contribution in [0.15, 0.2) is 83.3 Å². The molecule has 29 heavy (non-hydrogen) atoms. The number of thiophene rings is 1. The summed E-state index contributed by atoms with van der Waals surface area (Å²) in [6.45, 7) is 1.50. The lowest BCUT2D eigenvalue weighted by Crippen LogP contribution is -2.13. The molecule has 0 atom stereocenters. The largest absolute Gasteiger partial charge is 0.383 e. The van der Waals surface area contributed by atoms with E-state index in [2.05, 4.69) is 32.4 Å². The van der Waals surface area contributed by atoms with Crippen LogP contribution in [0.2, 0.25) is 0 Å². The third-order valence-electron chi connectivity index (χ3n) is 4.28. The second kappa shape index (κ2) is 10.0. The number of aromatic amines is 1. The van der Waals surface area contributed by atoms with Gasteiger partial charge in [0.15, 0.2) is 0 Å². The number of H-pyrrole nitrogens is 1. The Morgan fingerprint density at radius 2 is 1.79 bits per heavy atom. The molecule has 0 unspecified atom stereocenters. The van der Waals surface area contributed by atoms with E-state index < -0.39 is 0 Å². The number of hydrogen-bond acceptors (Lipinski definition) is 4. The zero-order valence-corrected chi connectivity index (χ0v) is 17.3. The van der Waals surface area contributed by atoms with E-state index in [-0.39, 0.29) is 12.4 Å². The maximum atomic E-state index is 6.05. The number of nitrogens with zero attached hydrogens (tertiary/aromatic N) is 2. The zero-order chi connectivity index (χ0) is 19.2. The van der Waals surface area contributed by atoms with Gasteiger partial charge in [0.1, 0.15) is 11.7 Å². The fraction of sp³-hybridized carbons (Fsp3) is 0.0909. The lowest BCUT2D eigenvalue weighted by molar-refractivity contribution is 0.669. The molecule has 4 aromatic rings. The molecule has 2 heterocycles. The van der Waals surface area contributed by atoms with Gasteiger partial charge in [0, 0.05) is 18.3 Å². The summed E-state index contributed by atoms with van der Waals surface area (Å²) in [5, 5.41) is 5.39. The van der Waals surface area contributed by atoms with Crippen molar-refractivity contribution in [1.82, 2.24) is 15.3 Å². The van der Waals surface area contributed by atoms with Crippen molar-refractivity contribution in [2.75, 3.05) is 0 Å². The number of rotatable bonds is 7. The molecule has 0 amide bonds. The summed E-state index contributed by atoms with van der Waals surface area (Å²) in [5.41, 5.74) is 10.1. The molecule has 4 N–H and O–H groups in total. The molecule has 2 aromatic heterocycles. The first kappa shape index (κ1) is 20.8. The minimum absolute atomic E-state index is 0. The van der Waals surface area contributed by atoms with E-state index >= 15 is 0 Å². The molecule has 4 rings (SSSR count). The van der Waals surface area contributed by atoms with Crippen LogP contribution in [0.1, 0.15) is 16.3 Å². The van der Waals surface area contributed by atoms with Gasteiger partial charge in [0.2, 0.25) is 0 Å². The fourth-order valence-electron chi connectivity index (χ4n) is 2.85. The Morgan fingerprint density at radius 1 is 1.00 bits per heavy atom. The fourth-order valence-corrected chi connectivity index (χ4v) is 3.47. The Balaban J connectivity index is 0.00000240. The highest BCUT2D eigenvalue weighted by Crippen LogP contribution is 2.22. The summed E-state index contributed by atoms with van der Waals surface area (Å²) >= 11 is 1.58. The normalized spacial score (nSPS) is 11.2. The summed E-state index contributed by atoms with van der Waals surface area (Å²) in [6, 6.07) is 22.2. The Kier molecular flexibility index (Phi) is 7.19.